The molecule has 0 aliphatic rings. The molecule has 18 heavy (non-hydrogen) atoms. The lowest BCUT2D eigenvalue weighted by Gasteiger charge is -2.13. The number of hydrazine groups is 1. The van der Waals surface area contributed by atoms with Crippen LogP contribution in [0.15, 0.2) is 12.1 Å². The van der Waals surface area contributed by atoms with Crippen molar-refractivity contribution in [2.24, 2.45) is 0 Å². The zero-order chi connectivity index (χ0) is 13.7. The molecule has 0 atom stereocenters. The van der Waals surface area contributed by atoms with Crippen LogP contribution < -0.4 is 5.43 Å². The third-order valence-electron chi connectivity index (χ3n) is 2.79. The zero-order valence-electron chi connectivity index (χ0n) is 11.8. The van der Waals surface area contributed by atoms with Crippen LogP contribution in [0.2, 0.25) is 0 Å². The van der Waals surface area contributed by atoms with E-state index in [0.29, 0.717) is 6.61 Å². The van der Waals surface area contributed by atoms with E-state index in [1.807, 2.05) is 0 Å². The Labute approximate surface area is 109 Å². The third-order valence-corrected chi connectivity index (χ3v) is 2.79. The van der Waals surface area contributed by atoms with Crippen molar-refractivity contribution in [3.05, 3.63) is 34.4 Å². The van der Waals surface area contributed by atoms with Gasteiger partial charge in [0.25, 0.3) is 5.91 Å². The molecule has 1 aromatic rings. The van der Waals surface area contributed by atoms with E-state index in [1.54, 1.807) is 19.1 Å². The minimum absolute atomic E-state index is 0.0740. The van der Waals surface area contributed by atoms with Gasteiger partial charge in [-0.25, -0.2) is 5.01 Å². The number of hydrogen-bond donors (Lipinski definition) is 1. The Balaban J connectivity index is 2.49. The lowest BCUT2D eigenvalue weighted by atomic mass is 10.0. The van der Waals surface area contributed by atoms with Crippen LogP contribution in [0.1, 0.15) is 22.3 Å². The summed E-state index contributed by atoms with van der Waals surface area (Å²) in [5.41, 5.74) is 7.50. The van der Waals surface area contributed by atoms with E-state index in [0.717, 1.165) is 5.56 Å². The highest BCUT2D eigenvalue weighted by Crippen LogP contribution is 2.15. The number of carbonyl (C=O) groups excluding carboxylic acids is 1. The first kappa shape index (κ1) is 14.7. The summed E-state index contributed by atoms with van der Waals surface area (Å²) in [6.07, 6.45) is 0. The minimum Gasteiger partial charge on any atom is -0.367 e. The molecule has 0 aliphatic heterocycles. The minimum atomic E-state index is -0.138. The van der Waals surface area contributed by atoms with Crippen molar-refractivity contribution in [2.75, 3.05) is 20.7 Å². The quantitative estimate of drug-likeness (QED) is 0.809. The van der Waals surface area contributed by atoms with Crippen molar-refractivity contribution in [1.82, 2.24) is 10.4 Å². The van der Waals surface area contributed by atoms with Crippen LogP contribution in [0.4, 0.5) is 0 Å². The Morgan fingerprint density at radius 2 is 1.78 bits per heavy atom. The van der Waals surface area contributed by atoms with E-state index in [-0.39, 0.29) is 12.5 Å². The smallest absolute Gasteiger partial charge is 0.260 e. The second-order valence-electron chi connectivity index (χ2n) is 4.79. The second kappa shape index (κ2) is 6.52. The van der Waals surface area contributed by atoms with Crippen LogP contribution in [-0.2, 0) is 16.1 Å². The van der Waals surface area contributed by atoms with Gasteiger partial charge in [-0.3, -0.25) is 10.2 Å². The van der Waals surface area contributed by atoms with Gasteiger partial charge in [0.05, 0.1) is 6.61 Å². The van der Waals surface area contributed by atoms with Gasteiger partial charge >= 0.3 is 0 Å². The molecule has 0 saturated heterocycles. The van der Waals surface area contributed by atoms with Gasteiger partial charge in [-0.15, -0.1) is 0 Å². The fourth-order valence-corrected chi connectivity index (χ4v) is 1.71. The lowest BCUT2D eigenvalue weighted by molar-refractivity contribution is -0.129. The van der Waals surface area contributed by atoms with Gasteiger partial charge in [-0.2, -0.15) is 0 Å². The van der Waals surface area contributed by atoms with Crippen molar-refractivity contribution < 1.29 is 9.53 Å². The molecule has 100 valence electrons. The van der Waals surface area contributed by atoms with Crippen LogP contribution in [0.3, 0.4) is 0 Å². The van der Waals surface area contributed by atoms with E-state index in [4.69, 9.17) is 4.74 Å². The Hall–Kier alpha value is -1.39. The Morgan fingerprint density at radius 1 is 1.17 bits per heavy atom. The van der Waals surface area contributed by atoms with Crippen LogP contribution in [0.25, 0.3) is 0 Å². The predicted molar refractivity (Wildman–Crippen MR) is 72.1 cm³/mol. The standard InChI is InChI=1S/C14H22N2O2/c1-10-6-12(3)13(7-11(10)2)8-18-9-14(17)15-16(4)5/h6-7H,8-9H2,1-5H3,(H,15,17). The molecule has 0 aliphatic carbocycles. The Kier molecular flexibility index (Phi) is 5.31. The highest BCUT2D eigenvalue weighted by atomic mass is 16.5. The van der Waals surface area contributed by atoms with Gasteiger partial charge in [0, 0.05) is 14.1 Å². The number of ether oxygens (including phenoxy) is 1. The fraction of sp³-hybridized carbons (Fsp3) is 0.500. The predicted octanol–water partition coefficient (Wildman–Crippen LogP) is 1.72. The van der Waals surface area contributed by atoms with Gasteiger partial charge in [-0.05, 0) is 43.0 Å². The summed E-state index contributed by atoms with van der Waals surface area (Å²) in [6.45, 7) is 6.78. The maximum atomic E-state index is 11.4. The van der Waals surface area contributed by atoms with E-state index < -0.39 is 0 Å². The Bertz CT molecular complexity index is 428. The molecule has 0 radical (unpaired) electrons. The van der Waals surface area contributed by atoms with E-state index in [9.17, 15) is 4.79 Å². The highest BCUT2D eigenvalue weighted by Gasteiger charge is 2.05. The summed E-state index contributed by atoms with van der Waals surface area (Å²) in [5, 5.41) is 1.60. The molecule has 4 heteroatoms. The summed E-state index contributed by atoms with van der Waals surface area (Å²) in [7, 11) is 3.54. The van der Waals surface area contributed by atoms with Gasteiger partial charge < -0.3 is 4.74 Å². The van der Waals surface area contributed by atoms with Crippen LogP contribution in [-0.4, -0.2) is 31.6 Å². The SMILES string of the molecule is Cc1cc(C)c(COCC(=O)NN(C)C)cc1C. The molecule has 0 aromatic heterocycles. The number of benzene rings is 1. The largest absolute Gasteiger partial charge is 0.367 e. The fourth-order valence-electron chi connectivity index (χ4n) is 1.71. The van der Waals surface area contributed by atoms with Crippen molar-refractivity contribution in [3.8, 4) is 0 Å². The van der Waals surface area contributed by atoms with Crippen molar-refractivity contribution >= 4 is 5.91 Å². The number of hydrogen-bond acceptors (Lipinski definition) is 3. The van der Waals surface area contributed by atoms with E-state index >= 15 is 0 Å². The third kappa shape index (κ3) is 4.47. The normalized spacial score (nSPS) is 10.8. The molecule has 0 heterocycles. The van der Waals surface area contributed by atoms with Crippen LogP contribution in [0.5, 0.6) is 0 Å². The average molecular weight is 250 g/mol. The summed E-state index contributed by atoms with van der Waals surface area (Å²) in [6, 6.07) is 4.27. The number of aryl methyl sites for hydroxylation is 3. The molecular weight excluding hydrogens is 228 g/mol. The van der Waals surface area contributed by atoms with Gasteiger partial charge in [0.2, 0.25) is 0 Å². The highest BCUT2D eigenvalue weighted by molar-refractivity contribution is 5.76. The number of amides is 1. The molecule has 0 saturated carbocycles. The molecule has 0 bridgehead atoms. The second-order valence-corrected chi connectivity index (χ2v) is 4.79. The first-order chi connectivity index (χ1) is 8.40. The summed E-state index contributed by atoms with van der Waals surface area (Å²) in [4.78, 5) is 11.4. The van der Waals surface area contributed by atoms with E-state index in [2.05, 4.69) is 38.3 Å². The molecule has 0 unspecified atom stereocenters. The maximum Gasteiger partial charge on any atom is 0.260 e. The molecule has 1 amide bonds. The molecular formula is C14H22N2O2. The summed E-state index contributed by atoms with van der Waals surface area (Å²) in [5.74, 6) is -0.138. The number of carbonyl (C=O) groups is 1. The van der Waals surface area contributed by atoms with Gasteiger partial charge in [0.1, 0.15) is 6.61 Å². The first-order valence-corrected chi connectivity index (χ1v) is 6.01. The molecule has 1 N–H and O–H groups in total. The summed E-state index contributed by atoms with van der Waals surface area (Å²) >= 11 is 0. The number of rotatable bonds is 5. The average Bonchev–Trinajstić information content (AvgIpc) is 2.24. The van der Waals surface area contributed by atoms with Crippen molar-refractivity contribution in [3.63, 3.8) is 0 Å². The van der Waals surface area contributed by atoms with E-state index in [1.165, 1.54) is 16.7 Å². The van der Waals surface area contributed by atoms with Crippen LogP contribution >= 0.6 is 0 Å². The molecule has 0 fully saturated rings. The Morgan fingerprint density at radius 3 is 2.39 bits per heavy atom. The monoisotopic (exact) mass is 250 g/mol. The van der Waals surface area contributed by atoms with Gasteiger partial charge in [-0.1, -0.05) is 12.1 Å². The molecule has 1 aromatic carbocycles. The van der Waals surface area contributed by atoms with Crippen molar-refractivity contribution in [1.29, 1.82) is 0 Å². The summed E-state index contributed by atoms with van der Waals surface area (Å²) < 4.78 is 5.42. The number of nitrogens with zero attached hydrogens (tertiary/aromatic N) is 1. The zero-order valence-corrected chi connectivity index (χ0v) is 11.8. The van der Waals surface area contributed by atoms with Gasteiger partial charge in [0.15, 0.2) is 0 Å². The number of nitrogens with one attached hydrogen (secondary N) is 1. The lowest BCUT2D eigenvalue weighted by Crippen LogP contribution is -2.38. The maximum absolute atomic E-state index is 11.4. The van der Waals surface area contributed by atoms with Crippen molar-refractivity contribution in [2.45, 2.75) is 27.4 Å². The molecule has 4 nitrogen and oxygen atoms in total. The first-order valence-electron chi connectivity index (χ1n) is 6.01. The van der Waals surface area contributed by atoms with Crippen LogP contribution in [0, 0.1) is 20.8 Å². The molecule has 1 rings (SSSR count). The molecule has 0 spiro atoms. The topological polar surface area (TPSA) is 41.6 Å².